The maximum atomic E-state index is 11.9. The fourth-order valence-electron chi connectivity index (χ4n) is 2.02. The molecule has 0 saturated heterocycles. The summed E-state index contributed by atoms with van der Waals surface area (Å²) in [6.07, 6.45) is 0.872. The summed E-state index contributed by atoms with van der Waals surface area (Å²) in [7, 11) is 1.63. The Morgan fingerprint density at radius 1 is 1.43 bits per heavy atom. The first-order valence-electron chi connectivity index (χ1n) is 7.05. The zero-order chi connectivity index (χ0) is 15.7. The fourth-order valence-corrected chi connectivity index (χ4v) is 2.02. The SMILES string of the molecule is COCC(C)CC(=O)Nc1cc(C)cc(C#CCCO)c1. The number of nitrogens with one attached hydrogen (secondary N) is 1. The molecular weight excluding hydrogens is 266 g/mol. The molecule has 1 unspecified atom stereocenters. The van der Waals surface area contributed by atoms with Crippen LogP contribution in [-0.2, 0) is 9.53 Å². The van der Waals surface area contributed by atoms with Gasteiger partial charge < -0.3 is 15.2 Å². The molecule has 1 aromatic rings. The average Bonchev–Trinajstić information content (AvgIpc) is 2.38. The predicted molar refractivity (Wildman–Crippen MR) is 84.0 cm³/mol. The molecule has 4 heteroatoms. The van der Waals surface area contributed by atoms with Gasteiger partial charge in [0.2, 0.25) is 5.91 Å². The Bertz CT molecular complexity index is 529. The lowest BCUT2D eigenvalue weighted by molar-refractivity contribution is -0.117. The monoisotopic (exact) mass is 289 g/mol. The van der Waals surface area contributed by atoms with Crippen molar-refractivity contribution in [2.75, 3.05) is 25.6 Å². The van der Waals surface area contributed by atoms with Gasteiger partial charge in [-0.15, -0.1) is 0 Å². The third kappa shape index (κ3) is 6.94. The van der Waals surface area contributed by atoms with Crippen molar-refractivity contribution in [1.29, 1.82) is 0 Å². The highest BCUT2D eigenvalue weighted by atomic mass is 16.5. The summed E-state index contributed by atoms with van der Waals surface area (Å²) in [4.78, 5) is 11.9. The number of hydrogen-bond donors (Lipinski definition) is 2. The van der Waals surface area contributed by atoms with Crippen LogP contribution in [0.2, 0.25) is 0 Å². The van der Waals surface area contributed by atoms with E-state index in [4.69, 9.17) is 9.84 Å². The zero-order valence-electron chi connectivity index (χ0n) is 12.9. The van der Waals surface area contributed by atoms with E-state index in [-0.39, 0.29) is 18.4 Å². The molecule has 1 rings (SSSR count). The first-order chi connectivity index (χ1) is 10.0. The van der Waals surface area contributed by atoms with Gasteiger partial charge in [-0.3, -0.25) is 4.79 Å². The van der Waals surface area contributed by atoms with E-state index in [2.05, 4.69) is 17.2 Å². The average molecular weight is 289 g/mol. The third-order valence-electron chi connectivity index (χ3n) is 2.82. The van der Waals surface area contributed by atoms with Gasteiger partial charge in [0.25, 0.3) is 0 Å². The van der Waals surface area contributed by atoms with Crippen molar-refractivity contribution in [2.24, 2.45) is 5.92 Å². The van der Waals surface area contributed by atoms with Crippen LogP contribution in [0.3, 0.4) is 0 Å². The van der Waals surface area contributed by atoms with Crippen molar-refractivity contribution >= 4 is 11.6 Å². The second-order valence-corrected chi connectivity index (χ2v) is 5.18. The smallest absolute Gasteiger partial charge is 0.224 e. The highest BCUT2D eigenvalue weighted by Crippen LogP contribution is 2.15. The van der Waals surface area contributed by atoms with Gasteiger partial charge in [0, 0.05) is 37.8 Å². The summed E-state index contributed by atoms with van der Waals surface area (Å²) in [6.45, 7) is 4.56. The molecule has 114 valence electrons. The molecule has 21 heavy (non-hydrogen) atoms. The number of hydrogen-bond acceptors (Lipinski definition) is 3. The largest absolute Gasteiger partial charge is 0.395 e. The van der Waals surface area contributed by atoms with Crippen LogP contribution in [0.25, 0.3) is 0 Å². The Morgan fingerprint density at radius 3 is 2.86 bits per heavy atom. The summed E-state index contributed by atoms with van der Waals surface area (Å²) in [5.74, 6) is 6.01. The number of benzene rings is 1. The fraction of sp³-hybridized carbons (Fsp3) is 0.471. The number of carbonyl (C=O) groups excluding carboxylic acids is 1. The van der Waals surface area contributed by atoms with E-state index in [1.165, 1.54) is 0 Å². The van der Waals surface area contributed by atoms with Crippen LogP contribution in [0, 0.1) is 24.7 Å². The normalized spacial score (nSPS) is 11.4. The number of carbonyl (C=O) groups is 1. The second-order valence-electron chi connectivity index (χ2n) is 5.18. The van der Waals surface area contributed by atoms with Crippen LogP contribution < -0.4 is 5.32 Å². The lowest BCUT2D eigenvalue weighted by atomic mass is 10.1. The van der Waals surface area contributed by atoms with Crippen LogP contribution >= 0.6 is 0 Å². The Balaban J connectivity index is 2.71. The summed E-state index contributed by atoms with van der Waals surface area (Å²) >= 11 is 0. The van der Waals surface area contributed by atoms with Gasteiger partial charge >= 0.3 is 0 Å². The Labute approximate surface area is 126 Å². The molecule has 0 aliphatic heterocycles. The molecule has 0 fully saturated rings. The molecular formula is C17H23NO3. The molecule has 2 N–H and O–H groups in total. The first-order valence-corrected chi connectivity index (χ1v) is 7.05. The number of aliphatic hydroxyl groups excluding tert-OH is 1. The molecule has 1 atom stereocenters. The summed E-state index contributed by atoms with van der Waals surface area (Å²) in [6, 6.07) is 5.71. The summed E-state index contributed by atoms with van der Waals surface area (Å²) in [5.41, 5.74) is 2.62. The topological polar surface area (TPSA) is 58.6 Å². The molecule has 0 spiro atoms. The Morgan fingerprint density at radius 2 is 2.19 bits per heavy atom. The number of ether oxygens (including phenoxy) is 1. The highest BCUT2D eigenvalue weighted by Gasteiger charge is 2.09. The summed E-state index contributed by atoms with van der Waals surface area (Å²) in [5, 5.41) is 11.6. The van der Waals surface area contributed by atoms with Gasteiger partial charge in [-0.25, -0.2) is 0 Å². The lowest BCUT2D eigenvalue weighted by Gasteiger charge is -2.11. The second kappa shape index (κ2) is 9.17. The molecule has 0 aliphatic rings. The maximum Gasteiger partial charge on any atom is 0.224 e. The number of amides is 1. The molecule has 4 nitrogen and oxygen atoms in total. The van der Waals surface area contributed by atoms with E-state index in [0.717, 1.165) is 16.8 Å². The standard InChI is InChI=1S/C17H23NO3/c1-13-8-15(6-4-5-7-19)11-16(9-13)18-17(20)10-14(2)12-21-3/h8-9,11,14,19H,5,7,10,12H2,1-3H3,(H,18,20). The number of rotatable bonds is 6. The van der Waals surface area contributed by atoms with Crippen LogP contribution in [0.1, 0.15) is 30.9 Å². The number of anilines is 1. The quantitative estimate of drug-likeness (QED) is 0.790. The van der Waals surface area contributed by atoms with Crippen molar-refractivity contribution in [3.63, 3.8) is 0 Å². The molecule has 0 heterocycles. The third-order valence-corrected chi connectivity index (χ3v) is 2.82. The number of aliphatic hydroxyl groups is 1. The first kappa shape index (κ1) is 17.2. The van der Waals surface area contributed by atoms with Gasteiger partial charge in [0.15, 0.2) is 0 Å². The molecule has 0 radical (unpaired) electrons. The van der Waals surface area contributed by atoms with Gasteiger partial charge in [-0.05, 0) is 36.6 Å². The van der Waals surface area contributed by atoms with Crippen molar-refractivity contribution in [3.8, 4) is 11.8 Å². The van der Waals surface area contributed by atoms with Gasteiger partial charge in [-0.1, -0.05) is 18.8 Å². The summed E-state index contributed by atoms with van der Waals surface area (Å²) < 4.78 is 5.03. The molecule has 0 bridgehead atoms. The Hall–Kier alpha value is -1.83. The predicted octanol–water partition coefficient (Wildman–Crippen LogP) is 2.34. The lowest BCUT2D eigenvalue weighted by Crippen LogP contribution is -2.17. The van der Waals surface area contributed by atoms with Crippen molar-refractivity contribution < 1.29 is 14.6 Å². The van der Waals surface area contributed by atoms with Crippen LogP contribution in [0.15, 0.2) is 18.2 Å². The van der Waals surface area contributed by atoms with Crippen molar-refractivity contribution in [1.82, 2.24) is 0 Å². The number of aryl methyl sites for hydroxylation is 1. The number of methoxy groups -OCH3 is 1. The minimum absolute atomic E-state index is 0.0283. The molecule has 1 amide bonds. The molecule has 0 aliphatic carbocycles. The molecule has 1 aromatic carbocycles. The highest BCUT2D eigenvalue weighted by molar-refractivity contribution is 5.91. The van der Waals surface area contributed by atoms with Crippen molar-refractivity contribution in [3.05, 3.63) is 29.3 Å². The minimum atomic E-state index is -0.0283. The van der Waals surface area contributed by atoms with E-state index in [9.17, 15) is 4.79 Å². The van der Waals surface area contributed by atoms with Gasteiger partial charge in [0.1, 0.15) is 0 Å². The van der Waals surface area contributed by atoms with Gasteiger partial charge in [-0.2, -0.15) is 0 Å². The van der Waals surface area contributed by atoms with Crippen LogP contribution in [0.4, 0.5) is 5.69 Å². The van der Waals surface area contributed by atoms with Crippen molar-refractivity contribution in [2.45, 2.75) is 26.7 Å². The zero-order valence-corrected chi connectivity index (χ0v) is 12.9. The minimum Gasteiger partial charge on any atom is -0.395 e. The van der Waals surface area contributed by atoms with Gasteiger partial charge in [0.05, 0.1) is 6.61 Å². The molecule has 0 aromatic heterocycles. The van der Waals surface area contributed by atoms with Crippen LogP contribution in [0.5, 0.6) is 0 Å². The van der Waals surface area contributed by atoms with E-state index < -0.39 is 0 Å². The Kier molecular flexibility index (Phi) is 7.52. The van der Waals surface area contributed by atoms with E-state index in [1.807, 2.05) is 32.0 Å². The van der Waals surface area contributed by atoms with E-state index in [1.54, 1.807) is 7.11 Å². The van der Waals surface area contributed by atoms with E-state index in [0.29, 0.717) is 19.4 Å². The van der Waals surface area contributed by atoms with E-state index >= 15 is 0 Å². The molecule has 0 saturated carbocycles. The van der Waals surface area contributed by atoms with Crippen LogP contribution in [-0.4, -0.2) is 31.3 Å². The maximum absolute atomic E-state index is 11.9.